The smallest absolute Gasteiger partial charge is 0.270 e. The van der Waals surface area contributed by atoms with Gasteiger partial charge < -0.3 is 19.9 Å². The lowest BCUT2D eigenvalue weighted by Gasteiger charge is -2.34. The van der Waals surface area contributed by atoms with Gasteiger partial charge in [0.2, 0.25) is 0 Å². The maximum absolute atomic E-state index is 13.0. The van der Waals surface area contributed by atoms with Gasteiger partial charge in [0.1, 0.15) is 18.1 Å². The molecular formula is C30H33N5O2. The number of aromatic amines is 1. The van der Waals surface area contributed by atoms with Gasteiger partial charge in [0.05, 0.1) is 6.20 Å². The van der Waals surface area contributed by atoms with E-state index in [1.807, 2.05) is 24.3 Å². The van der Waals surface area contributed by atoms with E-state index < -0.39 is 0 Å². The summed E-state index contributed by atoms with van der Waals surface area (Å²) in [6, 6.07) is 16.3. The van der Waals surface area contributed by atoms with Crippen molar-refractivity contribution in [2.45, 2.75) is 13.0 Å². The van der Waals surface area contributed by atoms with Crippen molar-refractivity contribution in [2.24, 2.45) is 11.8 Å². The molecule has 2 atom stereocenters. The van der Waals surface area contributed by atoms with Crippen molar-refractivity contribution in [1.29, 1.82) is 0 Å². The summed E-state index contributed by atoms with van der Waals surface area (Å²) in [5, 5.41) is 10.1. The van der Waals surface area contributed by atoms with Gasteiger partial charge in [-0.3, -0.25) is 9.89 Å². The Morgan fingerprint density at radius 1 is 1.11 bits per heavy atom. The zero-order chi connectivity index (χ0) is 25.2. The number of anilines is 1. The minimum absolute atomic E-state index is 0.182. The zero-order valence-electron chi connectivity index (χ0n) is 21.2. The van der Waals surface area contributed by atoms with Crippen molar-refractivity contribution < 1.29 is 9.53 Å². The van der Waals surface area contributed by atoms with Gasteiger partial charge in [0.15, 0.2) is 0 Å². The number of allylic oxidation sites excluding steroid dienone is 2. The number of amides is 1. The lowest BCUT2D eigenvalue weighted by atomic mass is 10.1. The van der Waals surface area contributed by atoms with E-state index in [0.717, 1.165) is 54.5 Å². The van der Waals surface area contributed by atoms with Gasteiger partial charge in [-0.1, -0.05) is 42.5 Å². The molecule has 7 nitrogen and oxygen atoms in total. The second-order valence-corrected chi connectivity index (χ2v) is 10.3. The number of aromatic nitrogens is 2. The van der Waals surface area contributed by atoms with Crippen LogP contribution in [0.3, 0.4) is 0 Å². The van der Waals surface area contributed by atoms with Crippen molar-refractivity contribution in [3.05, 3.63) is 89.8 Å². The van der Waals surface area contributed by atoms with Gasteiger partial charge in [-0.05, 0) is 66.3 Å². The van der Waals surface area contributed by atoms with E-state index >= 15 is 0 Å². The number of benzene rings is 2. The van der Waals surface area contributed by atoms with Crippen molar-refractivity contribution in [3.63, 3.8) is 0 Å². The Balaban J connectivity index is 1.06. The van der Waals surface area contributed by atoms with Crippen molar-refractivity contribution in [2.75, 3.05) is 44.7 Å². The predicted octanol–water partition coefficient (Wildman–Crippen LogP) is 4.27. The van der Waals surface area contributed by atoms with Crippen LogP contribution < -0.4 is 15.0 Å². The third-order valence-corrected chi connectivity index (χ3v) is 7.55. The van der Waals surface area contributed by atoms with E-state index in [-0.39, 0.29) is 5.91 Å². The SMILES string of the molecule is CN1CCN(c2ccc(CNC(=O)c3[nH]ncc3-c3cccc(OCC4=CC5CC5C=C4)c3)cc2)CC1. The van der Waals surface area contributed by atoms with E-state index in [0.29, 0.717) is 24.8 Å². The fourth-order valence-electron chi connectivity index (χ4n) is 5.08. The first-order valence-corrected chi connectivity index (χ1v) is 13.1. The van der Waals surface area contributed by atoms with Crippen LogP contribution in [0.5, 0.6) is 5.75 Å². The fraction of sp³-hybridized carbons (Fsp3) is 0.333. The number of hydrogen-bond acceptors (Lipinski definition) is 5. The third-order valence-electron chi connectivity index (χ3n) is 7.55. The van der Waals surface area contributed by atoms with Crippen LogP contribution in [-0.2, 0) is 6.54 Å². The lowest BCUT2D eigenvalue weighted by Crippen LogP contribution is -2.44. The number of H-pyrrole nitrogens is 1. The average Bonchev–Trinajstić information content (AvgIpc) is 3.54. The van der Waals surface area contributed by atoms with Crippen molar-refractivity contribution in [3.8, 4) is 16.9 Å². The summed E-state index contributed by atoms with van der Waals surface area (Å²) in [6.45, 7) is 5.24. The molecule has 3 aromatic rings. The normalized spacial score (nSPS) is 20.8. The van der Waals surface area contributed by atoms with Crippen LogP contribution in [0.4, 0.5) is 5.69 Å². The predicted molar refractivity (Wildman–Crippen MR) is 146 cm³/mol. The molecule has 0 radical (unpaired) electrons. The second-order valence-electron chi connectivity index (χ2n) is 10.3. The summed E-state index contributed by atoms with van der Waals surface area (Å²) in [5.74, 6) is 2.05. The summed E-state index contributed by atoms with van der Waals surface area (Å²) in [6.07, 6.45) is 9.75. The molecule has 2 aromatic carbocycles. The van der Waals surface area contributed by atoms with Crippen LogP contribution >= 0.6 is 0 Å². The molecule has 2 unspecified atom stereocenters. The van der Waals surface area contributed by atoms with E-state index in [2.05, 4.69) is 74.9 Å². The van der Waals surface area contributed by atoms with E-state index in [9.17, 15) is 4.79 Å². The van der Waals surface area contributed by atoms with Crippen molar-refractivity contribution in [1.82, 2.24) is 20.4 Å². The highest BCUT2D eigenvalue weighted by Gasteiger charge is 2.34. The van der Waals surface area contributed by atoms with Gasteiger partial charge in [-0.15, -0.1) is 0 Å². The van der Waals surface area contributed by atoms with Crippen LogP contribution in [0, 0.1) is 11.8 Å². The first kappa shape index (κ1) is 23.6. The third kappa shape index (κ3) is 5.47. The van der Waals surface area contributed by atoms with Gasteiger partial charge >= 0.3 is 0 Å². The number of rotatable bonds is 8. The Morgan fingerprint density at radius 2 is 1.95 bits per heavy atom. The first-order chi connectivity index (χ1) is 18.1. The van der Waals surface area contributed by atoms with E-state index in [1.165, 1.54) is 17.7 Å². The van der Waals surface area contributed by atoms with Crippen LogP contribution in [-0.4, -0.2) is 60.8 Å². The molecular weight excluding hydrogens is 462 g/mol. The molecule has 2 heterocycles. The van der Waals surface area contributed by atoms with Crippen molar-refractivity contribution >= 4 is 11.6 Å². The molecule has 3 aliphatic rings. The van der Waals surface area contributed by atoms with Gasteiger partial charge in [-0.25, -0.2) is 0 Å². The monoisotopic (exact) mass is 495 g/mol. The Bertz CT molecular complexity index is 1320. The molecule has 190 valence electrons. The molecule has 1 saturated carbocycles. The van der Waals surface area contributed by atoms with Crippen LogP contribution in [0.25, 0.3) is 11.1 Å². The molecule has 2 fully saturated rings. The van der Waals surface area contributed by atoms with Crippen LogP contribution in [0.2, 0.25) is 0 Å². The summed E-state index contributed by atoms with van der Waals surface area (Å²) in [7, 11) is 2.16. The quantitative estimate of drug-likeness (QED) is 0.488. The molecule has 0 bridgehead atoms. The zero-order valence-corrected chi connectivity index (χ0v) is 21.2. The topological polar surface area (TPSA) is 73.5 Å². The number of piperazine rings is 1. The van der Waals surface area contributed by atoms with Gasteiger partial charge in [0, 0.05) is 44.0 Å². The van der Waals surface area contributed by atoms with E-state index in [4.69, 9.17) is 4.74 Å². The maximum Gasteiger partial charge on any atom is 0.270 e. The number of ether oxygens (including phenoxy) is 1. The molecule has 7 heteroatoms. The summed E-state index contributed by atoms with van der Waals surface area (Å²) >= 11 is 0. The summed E-state index contributed by atoms with van der Waals surface area (Å²) in [4.78, 5) is 17.8. The number of hydrogen-bond donors (Lipinski definition) is 2. The standard InChI is InChI=1S/C30H33N5O2/c1-34-11-13-35(14-12-34)26-9-6-21(7-10-26)18-31-30(36)29-28(19-32-33-29)24-3-2-4-27(17-24)37-20-22-5-8-23-16-25(23)15-22/h2-10,15,17,19,23,25H,11-14,16,18,20H2,1H3,(H,31,36)(H,32,33). The maximum atomic E-state index is 13.0. The molecule has 6 rings (SSSR count). The molecule has 2 aliphatic carbocycles. The highest BCUT2D eigenvalue weighted by molar-refractivity contribution is 5.98. The number of carbonyl (C=O) groups excluding carboxylic acids is 1. The summed E-state index contributed by atoms with van der Waals surface area (Å²) < 4.78 is 6.06. The second kappa shape index (κ2) is 10.3. The van der Waals surface area contributed by atoms with Crippen LogP contribution in [0.15, 0.2) is 78.5 Å². The largest absolute Gasteiger partial charge is 0.489 e. The molecule has 2 N–H and O–H groups in total. The average molecular weight is 496 g/mol. The molecule has 1 aromatic heterocycles. The highest BCUT2D eigenvalue weighted by atomic mass is 16.5. The molecule has 1 amide bonds. The number of fused-ring (bicyclic) bond motifs is 1. The number of likely N-dealkylation sites (N-methyl/N-ethyl adjacent to an activating group) is 1. The van der Waals surface area contributed by atoms with E-state index in [1.54, 1.807) is 6.20 Å². The number of nitrogens with zero attached hydrogens (tertiary/aromatic N) is 3. The minimum atomic E-state index is -0.182. The van der Waals surface area contributed by atoms with Crippen LogP contribution in [0.1, 0.15) is 22.5 Å². The Hall–Kier alpha value is -3.84. The number of carbonyl (C=O) groups is 1. The number of nitrogens with one attached hydrogen (secondary N) is 2. The molecule has 37 heavy (non-hydrogen) atoms. The molecule has 1 aliphatic heterocycles. The molecule has 0 spiro atoms. The Morgan fingerprint density at radius 3 is 2.76 bits per heavy atom. The summed E-state index contributed by atoms with van der Waals surface area (Å²) in [5.41, 5.74) is 5.61. The fourth-order valence-corrected chi connectivity index (χ4v) is 5.08. The first-order valence-electron chi connectivity index (χ1n) is 13.1. The highest BCUT2D eigenvalue weighted by Crippen LogP contribution is 2.44. The van der Waals surface area contributed by atoms with Gasteiger partial charge in [0.25, 0.3) is 5.91 Å². The Kier molecular flexibility index (Phi) is 6.53. The molecule has 1 saturated heterocycles. The minimum Gasteiger partial charge on any atom is -0.489 e. The van der Waals surface area contributed by atoms with Gasteiger partial charge in [-0.2, -0.15) is 5.10 Å². The Labute approximate surface area is 217 Å². The lowest BCUT2D eigenvalue weighted by molar-refractivity contribution is 0.0946.